The van der Waals surface area contributed by atoms with Gasteiger partial charge in [0.15, 0.2) is 17.1 Å². The van der Waals surface area contributed by atoms with Crippen molar-refractivity contribution in [2.24, 2.45) is 17.6 Å². The lowest BCUT2D eigenvalue weighted by Gasteiger charge is -2.50. The highest BCUT2D eigenvalue weighted by Gasteiger charge is 2.63. The molecule has 2 amide bonds. The third kappa shape index (κ3) is 3.19. The van der Waals surface area contributed by atoms with Crippen molar-refractivity contribution in [2.45, 2.75) is 24.5 Å². The molecule has 12 heteroatoms. The lowest BCUT2D eigenvalue weighted by Crippen LogP contribution is -2.63. The zero-order valence-electron chi connectivity index (χ0n) is 18.2. The van der Waals surface area contributed by atoms with Crippen LogP contribution in [0.1, 0.15) is 22.3 Å². The van der Waals surface area contributed by atoms with Gasteiger partial charge in [0.05, 0.1) is 17.3 Å². The number of nitrogens with one attached hydrogen (secondary N) is 1. The number of benzene rings is 1. The van der Waals surface area contributed by atoms with Gasteiger partial charge in [0.2, 0.25) is 12.2 Å². The Kier molecular flexibility index (Phi) is 6.25. The number of hydrogen-bond donors (Lipinski definition) is 6. The highest BCUT2D eigenvalue weighted by molar-refractivity contribution is 6.24. The van der Waals surface area contributed by atoms with Crippen LogP contribution >= 0.6 is 12.4 Å². The van der Waals surface area contributed by atoms with Crippen molar-refractivity contribution < 1.29 is 39.6 Å². The molecule has 3 aliphatic carbocycles. The maximum atomic E-state index is 13.4. The number of fused-ring (bicyclic) bond motifs is 3. The fourth-order valence-corrected chi connectivity index (χ4v) is 5.41. The number of carbonyl (C=O) groups is 4. The molecular weight excluding hydrogens is 470 g/mol. The fourth-order valence-electron chi connectivity index (χ4n) is 5.41. The minimum absolute atomic E-state index is 0. The number of ketones is 2. The largest absolute Gasteiger partial charge is 0.510 e. The van der Waals surface area contributed by atoms with Gasteiger partial charge >= 0.3 is 0 Å². The molecule has 0 aliphatic heterocycles. The van der Waals surface area contributed by atoms with Crippen molar-refractivity contribution in [1.82, 2.24) is 4.90 Å². The molecule has 0 spiro atoms. The fraction of sp³-hybridized carbons (Fsp3) is 0.364. The van der Waals surface area contributed by atoms with Crippen LogP contribution in [-0.4, -0.2) is 74.9 Å². The Hall–Kier alpha value is -3.41. The summed E-state index contributed by atoms with van der Waals surface area (Å²) in [5.74, 6) is -7.16. The van der Waals surface area contributed by atoms with Crippen LogP contribution in [0.15, 0.2) is 34.8 Å². The minimum Gasteiger partial charge on any atom is -0.510 e. The van der Waals surface area contributed by atoms with Crippen molar-refractivity contribution in [3.8, 4) is 5.75 Å². The summed E-state index contributed by atoms with van der Waals surface area (Å²) in [4.78, 5) is 50.8. The lowest BCUT2D eigenvalue weighted by atomic mass is 9.58. The third-order valence-electron chi connectivity index (χ3n) is 6.81. The number of likely N-dealkylation sites (N-methyl/N-ethyl adjacent to an activating group) is 1. The van der Waals surface area contributed by atoms with Crippen molar-refractivity contribution >= 4 is 42.0 Å². The summed E-state index contributed by atoms with van der Waals surface area (Å²) in [5, 5.41) is 46.1. The zero-order chi connectivity index (χ0) is 24.4. The number of phenolic OH excluding ortho intramolecular Hbond substituents is 1. The number of primary amides is 1. The van der Waals surface area contributed by atoms with Crippen LogP contribution in [0.25, 0.3) is 0 Å². The number of anilines is 1. The standard InChI is InChI=1S/C22H23N3O8.ClH/c1-25(2)15-10-6-9-5-8-3-4-11(24-7-26)16(27)12(8)17(28)13(9)19(30)22(10,33)20(31)14(18(15)29)21(23)32;/h3-4,7,9-10,15,27,29-30,33H,5-6H2,1-2H3,(H2,23,32)(H,24,26);1H/t9?,10?,15-,22-;/m0./s1. The second-order valence-electron chi connectivity index (χ2n) is 8.72. The van der Waals surface area contributed by atoms with Gasteiger partial charge in [-0.3, -0.25) is 24.1 Å². The number of rotatable bonds is 4. The molecule has 7 N–H and O–H groups in total. The highest BCUT2D eigenvalue weighted by atomic mass is 35.5. The van der Waals surface area contributed by atoms with E-state index in [0.717, 1.165) is 0 Å². The molecule has 0 fully saturated rings. The van der Waals surface area contributed by atoms with E-state index in [-0.39, 0.29) is 42.1 Å². The number of nitrogens with two attached hydrogens (primary N) is 1. The quantitative estimate of drug-likeness (QED) is 0.192. The maximum Gasteiger partial charge on any atom is 0.255 e. The number of Topliss-reactive ketones (excluding diaryl/α,β-unsaturated/α-hetero) is 2. The zero-order valence-corrected chi connectivity index (χ0v) is 19.0. The second-order valence-corrected chi connectivity index (χ2v) is 8.72. The normalized spacial score (nSPS) is 28.1. The molecule has 3 aliphatic rings. The third-order valence-corrected chi connectivity index (χ3v) is 6.81. The van der Waals surface area contributed by atoms with E-state index in [4.69, 9.17) is 5.73 Å². The van der Waals surface area contributed by atoms with E-state index >= 15 is 0 Å². The Balaban J connectivity index is 0.00000324. The van der Waals surface area contributed by atoms with E-state index in [1.165, 1.54) is 11.0 Å². The van der Waals surface area contributed by atoms with Gasteiger partial charge < -0.3 is 31.5 Å². The molecule has 0 saturated heterocycles. The van der Waals surface area contributed by atoms with E-state index in [2.05, 4.69) is 5.32 Å². The molecule has 182 valence electrons. The van der Waals surface area contributed by atoms with Crippen LogP contribution in [0.2, 0.25) is 0 Å². The van der Waals surface area contributed by atoms with Gasteiger partial charge in [0.25, 0.3) is 5.91 Å². The molecule has 34 heavy (non-hydrogen) atoms. The van der Waals surface area contributed by atoms with Crippen LogP contribution in [-0.2, 0) is 20.8 Å². The number of allylic oxidation sites excluding steroid dienone is 1. The van der Waals surface area contributed by atoms with Gasteiger partial charge in [-0.1, -0.05) is 6.07 Å². The van der Waals surface area contributed by atoms with E-state index < -0.39 is 63.8 Å². The first kappa shape index (κ1) is 25.2. The Morgan fingerprint density at radius 2 is 1.88 bits per heavy atom. The molecule has 0 saturated carbocycles. The molecular formula is C22H24ClN3O8. The molecule has 1 aromatic carbocycles. The predicted molar refractivity (Wildman–Crippen MR) is 121 cm³/mol. The van der Waals surface area contributed by atoms with Gasteiger partial charge in [0.1, 0.15) is 17.1 Å². The molecule has 0 bridgehead atoms. The van der Waals surface area contributed by atoms with E-state index in [1.807, 2.05) is 0 Å². The van der Waals surface area contributed by atoms with Crippen LogP contribution in [0.5, 0.6) is 5.75 Å². The number of nitrogens with zero attached hydrogens (tertiary/aromatic N) is 1. The van der Waals surface area contributed by atoms with Crippen molar-refractivity contribution in [2.75, 3.05) is 19.4 Å². The molecule has 0 heterocycles. The second kappa shape index (κ2) is 8.42. The number of phenols is 1. The van der Waals surface area contributed by atoms with Gasteiger partial charge in [-0.25, -0.2) is 0 Å². The van der Waals surface area contributed by atoms with Crippen molar-refractivity contribution in [3.05, 3.63) is 45.9 Å². The predicted octanol–water partition coefficient (Wildman–Crippen LogP) is 0.111. The number of carbonyl (C=O) groups excluding carboxylic acids is 4. The van der Waals surface area contributed by atoms with Crippen molar-refractivity contribution in [1.29, 1.82) is 0 Å². The maximum absolute atomic E-state index is 13.4. The number of hydrogen-bond acceptors (Lipinski definition) is 9. The molecule has 11 nitrogen and oxygen atoms in total. The summed E-state index contributed by atoms with van der Waals surface area (Å²) >= 11 is 0. The summed E-state index contributed by atoms with van der Waals surface area (Å²) in [5.41, 5.74) is 1.76. The van der Waals surface area contributed by atoms with Crippen LogP contribution in [0.4, 0.5) is 5.69 Å². The van der Waals surface area contributed by atoms with Gasteiger partial charge in [0, 0.05) is 11.5 Å². The smallest absolute Gasteiger partial charge is 0.255 e. The van der Waals surface area contributed by atoms with Crippen LogP contribution in [0.3, 0.4) is 0 Å². The Bertz CT molecular complexity index is 1190. The number of halogens is 1. The first-order chi connectivity index (χ1) is 15.5. The average molecular weight is 494 g/mol. The van der Waals surface area contributed by atoms with E-state index in [1.54, 1.807) is 20.2 Å². The first-order valence-corrected chi connectivity index (χ1v) is 10.2. The summed E-state index contributed by atoms with van der Waals surface area (Å²) in [6.07, 6.45) is 0.527. The molecule has 4 rings (SSSR count). The van der Waals surface area contributed by atoms with E-state index in [0.29, 0.717) is 12.0 Å². The lowest BCUT2D eigenvalue weighted by molar-refractivity contribution is -0.148. The Morgan fingerprint density at radius 1 is 1.24 bits per heavy atom. The molecule has 4 atom stereocenters. The van der Waals surface area contributed by atoms with E-state index in [9.17, 15) is 39.6 Å². The number of aliphatic hydroxyl groups excluding tert-OH is 2. The van der Waals surface area contributed by atoms with Gasteiger partial charge in [-0.2, -0.15) is 0 Å². The average Bonchev–Trinajstić information content (AvgIpc) is 2.72. The van der Waals surface area contributed by atoms with Crippen LogP contribution in [0, 0.1) is 11.8 Å². The molecule has 1 aromatic rings. The molecule has 2 unspecified atom stereocenters. The van der Waals surface area contributed by atoms with Gasteiger partial charge in [-0.15, -0.1) is 12.4 Å². The minimum atomic E-state index is -2.68. The van der Waals surface area contributed by atoms with Crippen LogP contribution < -0.4 is 11.1 Å². The molecule has 0 aromatic heterocycles. The summed E-state index contributed by atoms with van der Waals surface area (Å²) in [6, 6.07) is 1.96. The molecule has 0 radical (unpaired) electrons. The number of aromatic hydroxyl groups is 1. The summed E-state index contributed by atoms with van der Waals surface area (Å²) in [6.45, 7) is 0. The Morgan fingerprint density at radius 3 is 2.44 bits per heavy atom. The first-order valence-electron chi connectivity index (χ1n) is 10.2. The Labute approximate surface area is 199 Å². The topological polar surface area (TPSA) is 190 Å². The highest BCUT2D eigenvalue weighted by Crippen LogP contribution is 2.52. The van der Waals surface area contributed by atoms with Gasteiger partial charge in [-0.05, 0) is 44.5 Å². The SMILES string of the molecule is CN(C)[C@@H]1C(O)=C(C(N)=O)C(=O)[C@@]2(O)C(O)=C3C(=O)c4c(ccc(NC=O)c4O)CC3CC12.Cl. The summed E-state index contributed by atoms with van der Waals surface area (Å²) < 4.78 is 0. The van der Waals surface area contributed by atoms with Crippen molar-refractivity contribution in [3.63, 3.8) is 0 Å². The summed E-state index contributed by atoms with van der Waals surface area (Å²) in [7, 11) is 3.12. The monoisotopic (exact) mass is 493 g/mol. The number of aliphatic hydroxyl groups is 3. The number of amides is 2.